The van der Waals surface area contributed by atoms with Crippen LogP contribution >= 0.6 is 11.6 Å². The number of methoxy groups -OCH3 is 1. The first-order valence-corrected chi connectivity index (χ1v) is 10.2. The first-order chi connectivity index (χ1) is 13.1. The Hall–Kier alpha value is -1.34. The van der Waals surface area contributed by atoms with Gasteiger partial charge in [-0.25, -0.2) is 0 Å². The molecule has 0 aromatic heterocycles. The standard InChI is InChI=1S/C20H31ClN4O2/c1-24(10-3-11-27-2)20(26)18-5-4-15(12-19(18)21)23-16-13-25(14-16)17-6-8-22-9-7-17/h4-5,12,16-17,22-23H,3,6-11,13-14H2,1-2H3. The van der Waals surface area contributed by atoms with Gasteiger partial charge in [-0.3, -0.25) is 9.69 Å². The summed E-state index contributed by atoms with van der Waals surface area (Å²) in [6, 6.07) is 6.82. The summed E-state index contributed by atoms with van der Waals surface area (Å²) >= 11 is 6.40. The van der Waals surface area contributed by atoms with E-state index in [2.05, 4.69) is 15.5 Å². The highest BCUT2D eigenvalue weighted by molar-refractivity contribution is 6.34. The Bertz CT molecular complexity index is 630. The van der Waals surface area contributed by atoms with E-state index in [1.165, 1.54) is 12.8 Å². The van der Waals surface area contributed by atoms with Crippen LogP contribution < -0.4 is 10.6 Å². The van der Waals surface area contributed by atoms with Crippen LogP contribution in [0.25, 0.3) is 0 Å². The zero-order valence-corrected chi connectivity index (χ0v) is 17.1. The number of halogens is 1. The molecule has 2 fully saturated rings. The maximum atomic E-state index is 12.5. The zero-order chi connectivity index (χ0) is 19.2. The van der Waals surface area contributed by atoms with Gasteiger partial charge in [0.15, 0.2) is 0 Å². The van der Waals surface area contributed by atoms with Crippen LogP contribution in [0.5, 0.6) is 0 Å². The van der Waals surface area contributed by atoms with Crippen molar-refractivity contribution in [3.63, 3.8) is 0 Å². The van der Waals surface area contributed by atoms with Gasteiger partial charge in [0.2, 0.25) is 0 Å². The molecule has 1 aromatic rings. The van der Waals surface area contributed by atoms with E-state index in [1.54, 1.807) is 19.1 Å². The number of rotatable bonds is 8. The van der Waals surface area contributed by atoms with Crippen molar-refractivity contribution in [3.05, 3.63) is 28.8 Å². The van der Waals surface area contributed by atoms with Gasteiger partial charge in [0.05, 0.1) is 16.6 Å². The molecule has 7 heteroatoms. The molecular formula is C20H31ClN4O2. The van der Waals surface area contributed by atoms with Crippen LogP contribution in [0.15, 0.2) is 18.2 Å². The Morgan fingerprint density at radius 3 is 2.78 bits per heavy atom. The molecule has 0 saturated carbocycles. The first kappa shape index (κ1) is 20.4. The van der Waals surface area contributed by atoms with E-state index in [4.69, 9.17) is 16.3 Å². The van der Waals surface area contributed by atoms with E-state index in [0.717, 1.165) is 44.3 Å². The minimum atomic E-state index is -0.0524. The number of likely N-dealkylation sites (tertiary alicyclic amines) is 1. The molecule has 2 aliphatic heterocycles. The normalized spacial score (nSPS) is 18.9. The predicted molar refractivity (Wildman–Crippen MR) is 110 cm³/mol. The van der Waals surface area contributed by atoms with Gasteiger partial charge in [-0.1, -0.05) is 11.6 Å². The van der Waals surface area contributed by atoms with Crippen LogP contribution in [0.4, 0.5) is 5.69 Å². The summed E-state index contributed by atoms with van der Waals surface area (Å²) in [6.45, 7) is 5.70. The average molecular weight is 395 g/mol. The molecule has 0 spiro atoms. The van der Waals surface area contributed by atoms with Crippen molar-refractivity contribution in [2.75, 3.05) is 58.8 Å². The summed E-state index contributed by atoms with van der Waals surface area (Å²) in [4.78, 5) is 16.8. The maximum absolute atomic E-state index is 12.5. The van der Waals surface area contributed by atoms with Gasteiger partial charge in [-0.15, -0.1) is 0 Å². The highest BCUT2D eigenvalue weighted by Gasteiger charge is 2.32. The zero-order valence-electron chi connectivity index (χ0n) is 16.3. The molecule has 1 aromatic carbocycles. The highest BCUT2D eigenvalue weighted by atomic mass is 35.5. The molecule has 150 valence electrons. The number of ether oxygens (including phenoxy) is 1. The number of hydrogen-bond acceptors (Lipinski definition) is 5. The number of benzene rings is 1. The van der Waals surface area contributed by atoms with Crippen molar-refractivity contribution in [1.29, 1.82) is 0 Å². The molecular weight excluding hydrogens is 364 g/mol. The number of nitrogens with one attached hydrogen (secondary N) is 2. The molecule has 2 saturated heterocycles. The Morgan fingerprint density at radius 2 is 2.11 bits per heavy atom. The highest BCUT2D eigenvalue weighted by Crippen LogP contribution is 2.26. The van der Waals surface area contributed by atoms with Gasteiger partial charge in [0.25, 0.3) is 5.91 Å². The van der Waals surface area contributed by atoms with Crippen LogP contribution in [0.2, 0.25) is 5.02 Å². The van der Waals surface area contributed by atoms with E-state index in [9.17, 15) is 4.79 Å². The molecule has 0 bridgehead atoms. The summed E-state index contributed by atoms with van der Waals surface area (Å²) in [6.07, 6.45) is 3.30. The smallest absolute Gasteiger partial charge is 0.255 e. The lowest BCUT2D eigenvalue weighted by molar-refractivity contribution is 0.0779. The monoisotopic (exact) mass is 394 g/mol. The second kappa shape index (κ2) is 9.73. The molecule has 2 heterocycles. The van der Waals surface area contributed by atoms with E-state index in [0.29, 0.717) is 29.8 Å². The van der Waals surface area contributed by atoms with Crippen molar-refractivity contribution < 1.29 is 9.53 Å². The maximum Gasteiger partial charge on any atom is 0.255 e. The third-order valence-electron chi connectivity index (χ3n) is 5.49. The predicted octanol–water partition coefficient (Wildman–Crippen LogP) is 2.30. The summed E-state index contributed by atoms with van der Waals surface area (Å²) in [5, 5.41) is 7.46. The molecule has 0 aliphatic carbocycles. The van der Waals surface area contributed by atoms with Gasteiger partial charge < -0.3 is 20.3 Å². The number of hydrogen-bond donors (Lipinski definition) is 2. The number of anilines is 1. The number of nitrogens with zero attached hydrogens (tertiary/aromatic N) is 2. The Labute approximate surface area is 167 Å². The van der Waals surface area contributed by atoms with Crippen LogP contribution in [-0.2, 0) is 4.74 Å². The van der Waals surface area contributed by atoms with Crippen LogP contribution in [-0.4, -0.2) is 81.3 Å². The van der Waals surface area contributed by atoms with Crippen molar-refractivity contribution in [2.24, 2.45) is 0 Å². The van der Waals surface area contributed by atoms with Gasteiger partial charge in [0.1, 0.15) is 0 Å². The number of carbonyl (C=O) groups excluding carboxylic acids is 1. The van der Waals surface area contributed by atoms with Crippen molar-refractivity contribution in [2.45, 2.75) is 31.3 Å². The largest absolute Gasteiger partial charge is 0.385 e. The third kappa shape index (κ3) is 5.35. The average Bonchev–Trinajstić information content (AvgIpc) is 2.64. The van der Waals surface area contributed by atoms with E-state index in [1.807, 2.05) is 18.2 Å². The lowest BCUT2D eigenvalue weighted by Crippen LogP contribution is -2.60. The van der Waals surface area contributed by atoms with Gasteiger partial charge in [0, 0.05) is 52.1 Å². The van der Waals surface area contributed by atoms with Crippen molar-refractivity contribution in [3.8, 4) is 0 Å². The molecule has 2 N–H and O–H groups in total. The summed E-state index contributed by atoms with van der Waals surface area (Å²) < 4.78 is 5.04. The quantitative estimate of drug-likeness (QED) is 0.662. The lowest BCUT2D eigenvalue weighted by Gasteiger charge is -2.46. The molecule has 0 unspecified atom stereocenters. The van der Waals surface area contributed by atoms with Crippen LogP contribution in [0.3, 0.4) is 0 Å². The minimum Gasteiger partial charge on any atom is -0.385 e. The number of amides is 1. The molecule has 3 rings (SSSR count). The van der Waals surface area contributed by atoms with E-state index < -0.39 is 0 Å². The molecule has 6 nitrogen and oxygen atoms in total. The molecule has 2 aliphatic rings. The fraction of sp³-hybridized carbons (Fsp3) is 0.650. The molecule has 0 atom stereocenters. The van der Waals surface area contributed by atoms with Gasteiger partial charge in [-0.2, -0.15) is 0 Å². The molecule has 27 heavy (non-hydrogen) atoms. The van der Waals surface area contributed by atoms with Crippen LogP contribution in [0.1, 0.15) is 29.6 Å². The summed E-state index contributed by atoms with van der Waals surface area (Å²) in [5.74, 6) is -0.0524. The van der Waals surface area contributed by atoms with Gasteiger partial charge in [-0.05, 0) is 50.6 Å². The molecule has 1 amide bonds. The van der Waals surface area contributed by atoms with E-state index >= 15 is 0 Å². The topological polar surface area (TPSA) is 56.8 Å². The van der Waals surface area contributed by atoms with Crippen molar-refractivity contribution >= 4 is 23.2 Å². The Balaban J connectivity index is 1.49. The summed E-state index contributed by atoms with van der Waals surface area (Å²) in [5.41, 5.74) is 1.53. The fourth-order valence-corrected chi connectivity index (χ4v) is 4.10. The fourth-order valence-electron chi connectivity index (χ4n) is 3.84. The van der Waals surface area contributed by atoms with E-state index in [-0.39, 0.29) is 5.91 Å². The number of piperidine rings is 1. The lowest BCUT2D eigenvalue weighted by atomic mass is 9.98. The number of carbonyl (C=O) groups is 1. The van der Waals surface area contributed by atoms with Gasteiger partial charge >= 0.3 is 0 Å². The molecule has 0 radical (unpaired) electrons. The minimum absolute atomic E-state index is 0.0524. The SMILES string of the molecule is COCCCN(C)C(=O)c1ccc(NC2CN(C3CCNCC3)C2)cc1Cl. The Kier molecular flexibility index (Phi) is 7.35. The second-order valence-electron chi connectivity index (χ2n) is 7.54. The van der Waals surface area contributed by atoms with Crippen molar-refractivity contribution in [1.82, 2.24) is 15.1 Å². The summed E-state index contributed by atoms with van der Waals surface area (Å²) in [7, 11) is 3.46. The van der Waals surface area contributed by atoms with Crippen LogP contribution in [0, 0.1) is 0 Å². The Morgan fingerprint density at radius 1 is 1.37 bits per heavy atom. The second-order valence-corrected chi connectivity index (χ2v) is 7.95. The third-order valence-corrected chi connectivity index (χ3v) is 5.81. The first-order valence-electron chi connectivity index (χ1n) is 9.83.